The molecular weight excluding hydrogens is 387 g/mol. The topological polar surface area (TPSA) is 64.7 Å². The van der Waals surface area contributed by atoms with Gasteiger partial charge in [0, 0.05) is 36.9 Å². The number of carbonyl (C=O) groups excluding carboxylic acids is 2. The van der Waals surface area contributed by atoms with E-state index in [1.807, 2.05) is 24.3 Å². The molecule has 8 heteroatoms. The highest BCUT2D eigenvalue weighted by atomic mass is 35.5. The number of anilines is 2. The SMILES string of the molecule is O=C(CNC(=O)N1CCN(c2ccc(Cl)cc2)CC1)Nc1ccccc1Cl. The number of rotatable bonds is 4. The number of amides is 3. The van der Waals surface area contributed by atoms with Crippen molar-refractivity contribution in [1.29, 1.82) is 0 Å². The van der Waals surface area contributed by atoms with Gasteiger partial charge in [-0.1, -0.05) is 35.3 Å². The van der Waals surface area contributed by atoms with E-state index in [9.17, 15) is 9.59 Å². The minimum Gasteiger partial charge on any atom is -0.368 e. The van der Waals surface area contributed by atoms with Crippen molar-refractivity contribution in [3.8, 4) is 0 Å². The number of para-hydroxylation sites is 1. The first kappa shape index (κ1) is 19.3. The summed E-state index contributed by atoms with van der Waals surface area (Å²) in [5.41, 5.74) is 1.61. The Hall–Kier alpha value is -2.44. The molecule has 27 heavy (non-hydrogen) atoms. The molecule has 2 aromatic carbocycles. The van der Waals surface area contributed by atoms with E-state index in [4.69, 9.17) is 23.2 Å². The second kappa shape index (κ2) is 8.97. The number of nitrogens with zero attached hydrogens (tertiary/aromatic N) is 2. The fourth-order valence-corrected chi connectivity index (χ4v) is 3.15. The lowest BCUT2D eigenvalue weighted by molar-refractivity contribution is -0.115. The summed E-state index contributed by atoms with van der Waals surface area (Å²) in [6, 6.07) is 14.4. The van der Waals surface area contributed by atoms with Crippen LogP contribution in [0.2, 0.25) is 10.0 Å². The Morgan fingerprint density at radius 3 is 2.26 bits per heavy atom. The molecule has 6 nitrogen and oxygen atoms in total. The normalized spacial score (nSPS) is 14.0. The molecule has 0 spiro atoms. The largest absolute Gasteiger partial charge is 0.368 e. The summed E-state index contributed by atoms with van der Waals surface area (Å²) < 4.78 is 0. The molecule has 3 amide bonds. The molecule has 0 aliphatic carbocycles. The Kier molecular flexibility index (Phi) is 6.42. The lowest BCUT2D eigenvalue weighted by Crippen LogP contribution is -2.52. The maximum absolute atomic E-state index is 12.3. The molecule has 0 bridgehead atoms. The van der Waals surface area contributed by atoms with Crippen molar-refractivity contribution in [3.63, 3.8) is 0 Å². The first-order chi connectivity index (χ1) is 13.0. The third kappa shape index (κ3) is 5.28. The number of piperazine rings is 1. The van der Waals surface area contributed by atoms with E-state index in [1.165, 1.54) is 0 Å². The number of carbonyl (C=O) groups is 2. The van der Waals surface area contributed by atoms with Gasteiger partial charge in [-0.15, -0.1) is 0 Å². The lowest BCUT2D eigenvalue weighted by Gasteiger charge is -2.36. The third-order valence-corrected chi connectivity index (χ3v) is 4.89. The molecule has 2 aromatic rings. The zero-order valence-electron chi connectivity index (χ0n) is 14.6. The number of urea groups is 1. The number of hydrogen-bond donors (Lipinski definition) is 2. The minimum atomic E-state index is -0.323. The van der Waals surface area contributed by atoms with Crippen LogP contribution >= 0.6 is 23.2 Å². The van der Waals surface area contributed by atoms with Crippen molar-refractivity contribution in [2.75, 3.05) is 42.9 Å². The van der Waals surface area contributed by atoms with E-state index in [2.05, 4.69) is 15.5 Å². The Balaban J connectivity index is 1.43. The second-order valence-corrected chi connectivity index (χ2v) is 6.98. The highest BCUT2D eigenvalue weighted by molar-refractivity contribution is 6.33. The standard InChI is InChI=1S/C19H20Cl2N4O2/c20-14-5-7-15(8-6-14)24-9-11-25(12-10-24)19(27)22-13-18(26)23-17-4-2-1-3-16(17)21/h1-8H,9-13H2,(H,22,27)(H,23,26). The summed E-state index contributed by atoms with van der Waals surface area (Å²) >= 11 is 11.9. The van der Waals surface area contributed by atoms with Crippen molar-refractivity contribution >= 4 is 46.5 Å². The summed E-state index contributed by atoms with van der Waals surface area (Å²) in [4.78, 5) is 28.2. The van der Waals surface area contributed by atoms with Crippen molar-refractivity contribution in [2.45, 2.75) is 0 Å². The highest BCUT2D eigenvalue weighted by Crippen LogP contribution is 2.20. The second-order valence-electron chi connectivity index (χ2n) is 6.14. The molecule has 2 N–H and O–H groups in total. The van der Waals surface area contributed by atoms with Crippen LogP contribution in [0, 0.1) is 0 Å². The molecule has 1 fully saturated rings. The predicted molar refractivity (Wildman–Crippen MR) is 109 cm³/mol. The van der Waals surface area contributed by atoms with Gasteiger partial charge in [0.15, 0.2) is 0 Å². The van der Waals surface area contributed by atoms with Crippen LogP contribution in [0.4, 0.5) is 16.2 Å². The summed E-state index contributed by atoms with van der Waals surface area (Å²) in [7, 11) is 0. The first-order valence-electron chi connectivity index (χ1n) is 8.60. The average Bonchev–Trinajstić information content (AvgIpc) is 2.69. The zero-order valence-corrected chi connectivity index (χ0v) is 16.1. The number of nitrogens with one attached hydrogen (secondary N) is 2. The van der Waals surface area contributed by atoms with Gasteiger partial charge in [-0.3, -0.25) is 4.79 Å². The zero-order chi connectivity index (χ0) is 19.2. The van der Waals surface area contributed by atoms with Gasteiger partial charge in [0.25, 0.3) is 0 Å². The predicted octanol–water partition coefficient (Wildman–Crippen LogP) is 3.46. The van der Waals surface area contributed by atoms with Gasteiger partial charge in [0.05, 0.1) is 17.3 Å². The fourth-order valence-electron chi connectivity index (χ4n) is 2.84. The van der Waals surface area contributed by atoms with Crippen molar-refractivity contribution in [3.05, 3.63) is 58.6 Å². The number of benzene rings is 2. The van der Waals surface area contributed by atoms with Crippen LogP contribution in [-0.4, -0.2) is 49.6 Å². The first-order valence-corrected chi connectivity index (χ1v) is 9.36. The van der Waals surface area contributed by atoms with E-state index < -0.39 is 0 Å². The van der Waals surface area contributed by atoms with Crippen LogP contribution < -0.4 is 15.5 Å². The summed E-state index contributed by atoms with van der Waals surface area (Å²) in [5, 5.41) is 6.48. The molecule has 1 aliphatic heterocycles. The quantitative estimate of drug-likeness (QED) is 0.816. The molecule has 1 heterocycles. The van der Waals surface area contributed by atoms with Gasteiger partial charge in [0.1, 0.15) is 0 Å². The monoisotopic (exact) mass is 406 g/mol. The van der Waals surface area contributed by atoms with Gasteiger partial charge in [-0.2, -0.15) is 0 Å². The molecular formula is C19H20Cl2N4O2. The van der Waals surface area contributed by atoms with E-state index in [0.29, 0.717) is 28.8 Å². The van der Waals surface area contributed by atoms with Crippen LogP contribution in [0.1, 0.15) is 0 Å². The lowest BCUT2D eigenvalue weighted by atomic mass is 10.2. The molecule has 3 rings (SSSR count). The Labute approximate surface area is 168 Å². The van der Waals surface area contributed by atoms with Gasteiger partial charge in [0.2, 0.25) is 5.91 Å². The molecule has 0 saturated carbocycles. The Morgan fingerprint density at radius 2 is 1.59 bits per heavy atom. The molecule has 142 valence electrons. The van der Waals surface area contributed by atoms with E-state index in [1.54, 1.807) is 29.2 Å². The fraction of sp³-hybridized carbons (Fsp3) is 0.263. The summed E-state index contributed by atoms with van der Waals surface area (Å²) in [6.07, 6.45) is 0. The van der Waals surface area contributed by atoms with Crippen molar-refractivity contribution in [2.24, 2.45) is 0 Å². The van der Waals surface area contributed by atoms with Crippen molar-refractivity contribution in [1.82, 2.24) is 10.2 Å². The summed E-state index contributed by atoms with van der Waals surface area (Å²) in [5.74, 6) is -0.323. The number of hydrogen-bond acceptors (Lipinski definition) is 3. The molecule has 0 unspecified atom stereocenters. The van der Waals surface area contributed by atoms with Gasteiger partial charge < -0.3 is 20.4 Å². The van der Waals surface area contributed by atoms with Crippen LogP contribution in [0.5, 0.6) is 0 Å². The van der Waals surface area contributed by atoms with Gasteiger partial charge >= 0.3 is 6.03 Å². The molecule has 0 radical (unpaired) electrons. The van der Waals surface area contributed by atoms with Gasteiger partial charge in [-0.05, 0) is 36.4 Å². The maximum atomic E-state index is 12.3. The Morgan fingerprint density at radius 1 is 0.926 bits per heavy atom. The third-order valence-electron chi connectivity index (χ3n) is 4.31. The van der Waals surface area contributed by atoms with Crippen LogP contribution in [0.15, 0.2) is 48.5 Å². The van der Waals surface area contributed by atoms with Crippen molar-refractivity contribution < 1.29 is 9.59 Å². The van der Waals surface area contributed by atoms with Crippen LogP contribution in [0.25, 0.3) is 0 Å². The highest BCUT2D eigenvalue weighted by Gasteiger charge is 2.21. The Bertz CT molecular complexity index is 806. The average molecular weight is 407 g/mol. The van der Waals surface area contributed by atoms with Crippen LogP contribution in [-0.2, 0) is 4.79 Å². The van der Waals surface area contributed by atoms with Gasteiger partial charge in [-0.25, -0.2) is 4.79 Å². The molecule has 1 saturated heterocycles. The molecule has 1 aliphatic rings. The van der Waals surface area contributed by atoms with E-state index >= 15 is 0 Å². The summed E-state index contributed by atoms with van der Waals surface area (Å²) in [6.45, 7) is 2.50. The smallest absolute Gasteiger partial charge is 0.317 e. The van der Waals surface area contributed by atoms with E-state index in [-0.39, 0.29) is 18.5 Å². The number of halogens is 2. The minimum absolute atomic E-state index is 0.110. The maximum Gasteiger partial charge on any atom is 0.317 e. The molecule has 0 atom stereocenters. The molecule has 0 aromatic heterocycles. The van der Waals surface area contributed by atoms with E-state index in [0.717, 1.165) is 18.8 Å². The van der Waals surface area contributed by atoms with Crippen LogP contribution in [0.3, 0.4) is 0 Å².